The number of halogens is 1. The summed E-state index contributed by atoms with van der Waals surface area (Å²) in [6.45, 7) is 0. The van der Waals surface area contributed by atoms with Crippen molar-refractivity contribution in [2.45, 2.75) is 25.7 Å². The maximum absolute atomic E-state index is 13.0. The van der Waals surface area contributed by atoms with Crippen LogP contribution in [0.15, 0.2) is 29.4 Å². The average molecular weight is 246 g/mol. The Morgan fingerprint density at radius 1 is 1.39 bits per heavy atom. The molecule has 0 spiro atoms. The lowest BCUT2D eigenvalue weighted by Gasteiger charge is -2.11. The van der Waals surface area contributed by atoms with Crippen LogP contribution >= 0.6 is 0 Å². The number of benzene rings is 1. The molecule has 0 heterocycles. The monoisotopic (exact) mass is 246 g/mol. The Bertz CT molecular complexity index is 512. The third-order valence-corrected chi connectivity index (χ3v) is 3.90. The Morgan fingerprint density at radius 2 is 2.28 bits per heavy atom. The molecule has 0 aliphatic heterocycles. The molecule has 1 N–H and O–H groups in total. The zero-order chi connectivity index (χ0) is 12.5. The number of hydrogen-bond donors (Lipinski definition) is 1. The van der Waals surface area contributed by atoms with Crippen molar-refractivity contribution in [1.82, 2.24) is 5.43 Å². The number of nitrogens with zero attached hydrogens (tertiary/aromatic N) is 1. The quantitative estimate of drug-likeness (QED) is 0.801. The third-order valence-electron chi connectivity index (χ3n) is 3.90. The fraction of sp³-hybridized carbons (Fsp3) is 0.429. The summed E-state index contributed by atoms with van der Waals surface area (Å²) in [4.78, 5) is 11.8. The van der Waals surface area contributed by atoms with Gasteiger partial charge in [-0.1, -0.05) is 6.07 Å². The first-order valence-electron chi connectivity index (χ1n) is 6.35. The molecule has 2 fully saturated rings. The maximum atomic E-state index is 13.0. The summed E-state index contributed by atoms with van der Waals surface area (Å²) in [5.41, 5.74) is 3.95. The highest BCUT2D eigenvalue weighted by Crippen LogP contribution is 2.42. The minimum absolute atomic E-state index is 0.308. The SMILES string of the molecule is O=C(N/N=C1/CC2CCC1C2)c1cccc(F)c1. The molecular weight excluding hydrogens is 231 g/mol. The van der Waals surface area contributed by atoms with E-state index in [1.807, 2.05) is 0 Å². The second-order valence-corrected chi connectivity index (χ2v) is 5.13. The number of nitrogens with one attached hydrogen (secondary N) is 1. The van der Waals surface area contributed by atoms with Gasteiger partial charge in [0.2, 0.25) is 0 Å². The number of amides is 1. The molecule has 94 valence electrons. The molecule has 2 aliphatic rings. The van der Waals surface area contributed by atoms with E-state index >= 15 is 0 Å². The zero-order valence-corrected chi connectivity index (χ0v) is 10.0. The van der Waals surface area contributed by atoms with Crippen LogP contribution in [-0.4, -0.2) is 11.6 Å². The smallest absolute Gasteiger partial charge is 0.267 e. The molecule has 3 rings (SSSR count). The van der Waals surface area contributed by atoms with Gasteiger partial charge in [0.1, 0.15) is 5.82 Å². The van der Waals surface area contributed by atoms with E-state index in [0.717, 1.165) is 18.1 Å². The summed E-state index contributed by atoms with van der Waals surface area (Å²) in [6, 6.07) is 5.64. The molecule has 0 saturated heterocycles. The molecule has 1 aromatic carbocycles. The van der Waals surface area contributed by atoms with E-state index in [2.05, 4.69) is 10.5 Å². The predicted molar refractivity (Wildman–Crippen MR) is 66.7 cm³/mol. The van der Waals surface area contributed by atoms with Gasteiger partial charge in [-0.15, -0.1) is 0 Å². The molecular formula is C14H15FN2O. The Balaban J connectivity index is 1.67. The van der Waals surface area contributed by atoms with E-state index in [1.165, 1.54) is 37.5 Å². The van der Waals surface area contributed by atoms with E-state index in [9.17, 15) is 9.18 Å². The van der Waals surface area contributed by atoms with Crippen molar-refractivity contribution in [3.63, 3.8) is 0 Å². The van der Waals surface area contributed by atoms with E-state index in [-0.39, 0.29) is 5.91 Å². The van der Waals surface area contributed by atoms with Gasteiger partial charge in [-0.2, -0.15) is 5.10 Å². The van der Waals surface area contributed by atoms with Crippen LogP contribution in [0.5, 0.6) is 0 Å². The summed E-state index contributed by atoms with van der Waals surface area (Å²) in [5.74, 6) is 0.572. The highest BCUT2D eigenvalue weighted by atomic mass is 19.1. The summed E-state index contributed by atoms with van der Waals surface area (Å²) in [5, 5.41) is 4.21. The second kappa shape index (κ2) is 4.52. The van der Waals surface area contributed by atoms with Gasteiger partial charge in [-0.05, 0) is 55.7 Å². The van der Waals surface area contributed by atoms with Crippen molar-refractivity contribution in [3.8, 4) is 0 Å². The number of rotatable bonds is 2. The Hall–Kier alpha value is -1.71. The first-order chi connectivity index (χ1) is 8.72. The number of carbonyl (C=O) groups is 1. The van der Waals surface area contributed by atoms with Crippen molar-refractivity contribution >= 4 is 11.6 Å². The molecule has 3 nitrogen and oxygen atoms in total. The number of hydrazone groups is 1. The van der Waals surface area contributed by atoms with Gasteiger partial charge in [-0.3, -0.25) is 4.79 Å². The van der Waals surface area contributed by atoms with Crippen LogP contribution in [0.3, 0.4) is 0 Å². The minimum atomic E-state index is -0.407. The van der Waals surface area contributed by atoms with Gasteiger partial charge in [0, 0.05) is 11.3 Å². The van der Waals surface area contributed by atoms with Gasteiger partial charge in [0.25, 0.3) is 5.91 Å². The number of hydrogen-bond acceptors (Lipinski definition) is 2. The van der Waals surface area contributed by atoms with E-state index in [1.54, 1.807) is 6.07 Å². The molecule has 2 aliphatic carbocycles. The number of fused-ring (bicyclic) bond motifs is 2. The highest BCUT2D eigenvalue weighted by Gasteiger charge is 2.36. The van der Waals surface area contributed by atoms with Crippen LogP contribution in [-0.2, 0) is 0 Å². The van der Waals surface area contributed by atoms with Crippen molar-refractivity contribution in [2.75, 3.05) is 0 Å². The Kier molecular flexibility index (Phi) is 2.86. The molecule has 18 heavy (non-hydrogen) atoms. The van der Waals surface area contributed by atoms with Gasteiger partial charge in [-0.25, -0.2) is 9.82 Å². The molecule has 0 radical (unpaired) electrons. The first-order valence-corrected chi connectivity index (χ1v) is 6.35. The van der Waals surface area contributed by atoms with Gasteiger partial charge >= 0.3 is 0 Å². The summed E-state index contributed by atoms with van der Waals surface area (Å²) in [7, 11) is 0. The highest BCUT2D eigenvalue weighted by molar-refractivity contribution is 5.96. The largest absolute Gasteiger partial charge is 0.271 e. The molecule has 2 atom stereocenters. The lowest BCUT2D eigenvalue weighted by atomic mass is 9.99. The fourth-order valence-corrected chi connectivity index (χ4v) is 2.98. The Morgan fingerprint density at radius 3 is 2.94 bits per heavy atom. The zero-order valence-electron chi connectivity index (χ0n) is 10.0. The van der Waals surface area contributed by atoms with Crippen molar-refractivity contribution in [3.05, 3.63) is 35.6 Å². The molecule has 2 bridgehead atoms. The maximum Gasteiger partial charge on any atom is 0.271 e. The molecule has 0 aromatic heterocycles. The lowest BCUT2D eigenvalue weighted by molar-refractivity contribution is 0.0954. The third kappa shape index (κ3) is 2.15. The number of carbonyl (C=O) groups excluding carboxylic acids is 1. The topological polar surface area (TPSA) is 41.5 Å². The van der Waals surface area contributed by atoms with E-state index < -0.39 is 5.82 Å². The van der Waals surface area contributed by atoms with Crippen LogP contribution in [0.4, 0.5) is 4.39 Å². The molecule has 4 heteroatoms. The normalized spacial score (nSPS) is 27.7. The molecule has 1 aromatic rings. The molecule has 1 amide bonds. The van der Waals surface area contributed by atoms with Crippen molar-refractivity contribution in [1.29, 1.82) is 0 Å². The summed E-state index contributed by atoms with van der Waals surface area (Å²) >= 11 is 0. The van der Waals surface area contributed by atoms with Gasteiger partial charge in [0.05, 0.1) is 0 Å². The van der Waals surface area contributed by atoms with Gasteiger partial charge < -0.3 is 0 Å². The summed E-state index contributed by atoms with van der Waals surface area (Å²) in [6.07, 6.45) is 4.71. The Labute approximate surface area is 105 Å². The van der Waals surface area contributed by atoms with Gasteiger partial charge in [0.15, 0.2) is 0 Å². The predicted octanol–water partition coefficient (Wildman–Crippen LogP) is 2.73. The average Bonchev–Trinajstić information content (AvgIpc) is 2.98. The molecule has 2 unspecified atom stereocenters. The van der Waals surface area contributed by atoms with Crippen molar-refractivity contribution in [2.24, 2.45) is 16.9 Å². The minimum Gasteiger partial charge on any atom is -0.267 e. The standard InChI is InChI=1S/C14H15FN2O/c15-12-3-1-2-11(8-12)14(18)17-16-13-7-9-4-5-10(13)6-9/h1-3,8-10H,4-7H2,(H,17,18)/b16-13-. The van der Waals surface area contributed by atoms with Crippen molar-refractivity contribution < 1.29 is 9.18 Å². The second-order valence-electron chi connectivity index (χ2n) is 5.13. The van der Waals surface area contributed by atoms with E-state index in [0.29, 0.717) is 11.5 Å². The lowest BCUT2D eigenvalue weighted by Crippen LogP contribution is -2.22. The van der Waals surface area contributed by atoms with Crippen LogP contribution in [0.1, 0.15) is 36.0 Å². The fourth-order valence-electron chi connectivity index (χ4n) is 2.98. The van der Waals surface area contributed by atoms with Crippen LogP contribution in [0, 0.1) is 17.7 Å². The van der Waals surface area contributed by atoms with Crippen LogP contribution in [0.25, 0.3) is 0 Å². The van der Waals surface area contributed by atoms with Crippen LogP contribution < -0.4 is 5.43 Å². The molecule has 2 saturated carbocycles. The summed E-state index contributed by atoms with van der Waals surface area (Å²) < 4.78 is 13.0. The van der Waals surface area contributed by atoms with E-state index in [4.69, 9.17) is 0 Å². The first kappa shape index (κ1) is 11.4. The van der Waals surface area contributed by atoms with Crippen LogP contribution in [0.2, 0.25) is 0 Å².